The van der Waals surface area contributed by atoms with Crippen LogP contribution in [0.4, 0.5) is 0 Å². The van der Waals surface area contributed by atoms with Crippen LogP contribution in [0, 0.1) is 5.92 Å². The van der Waals surface area contributed by atoms with Gasteiger partial charge in [-0.3, -0.25) is 4.90 Å². The minimum absolute atomic E-state index is 0. The first kappa shape index (κ1) is 22.0. The lowest BCUT2D eigenvalue weighted by Gasteiger charge is -2.23. The molecule has 3 N–H and O–H groups in total. The van der Waals surface area contributed by atoms with Crippen LogP contribution in [0.2, 0.25) is 0 Å². The first-order chi connectivity index (χ1) is 11.6. The number of hydrogen-bond acceptors (Lipinski definition) is 3. The van der Waals surface area contributed by atoms with Gasteiger partial charge in [-0.25, -0.2) is 4.99 Å². The number of benzene rings is 1. The van der Waals surface area contributed by atoms with Crippen molar-refractivity contribution >= 4 is 29.9 Å². The van der Waals surface area contributed by atoms with Crippen molar-refractivity contribution in [3.05, 3.63) is 29.8 Å². The molecule has 2 rings (SSSR count). The molecule has 1 aromatic rings. The highest BCUT2D eigenvalue weighted by atomic mass is 127. The number of likely N-dealkylation sites (N-methyl/N-ethyl adjacent to an activating group) is 1. The number of rotatable bonds is 8. The van der Waals surface area contributed by atoms with Gasteiger partial charge < -0.3 is 15.8 Å². The Morgan fingerprint density at radius 1 is 1.36 bits per heavy atom. The van der Waals surface area contributed by atoms with Crippen LogP contribution >= 0.6 is 24.0 Å². The van der Waals surface area contributed by atoms with Crippen LogP contribution in [0.15, 0.2) is 29.3 Å². The number of halogens is 1. The molecule has 0 bridgehead atoms. The van der Waals surface area contributed by atoms with Gasteiger partial charge >= 0.3 is 0 Å². The summed E-state index contributed by atoms with van der Waals surface area (Å²) in [6.07, 6.45) is 2.52. The molecule has 1 aliphatic rings. The van der Waals surface area contributed by atoms with Crippen molar-refractivity contribution in [3.8, 4) is 5.75 Å². The molecule has 142 valence electrons. The van der Waals surface area contributed by atoms with Gasteiger partial charge in [0.2, 0.25) is 0 Å². The van der Waals surface area contributed by atoms with Gasteiger partial charge in [0, 0.05) is 12.6 Å². The fourth-order valence-corrected chi connectivity index (χ4v) is 2.95. The maximum atomic E-state index is 5.99. The SMILES string of the molecule is CCN1CCCC1CNC(N)=NCc1ccc(OCC(C)C)cc1.I. The number of hydrogen-bond donors (Lipinski definition) is 2. The van der Waals surface area contributed by atoms with Gasteiger partial charge in [0.1, 0.15) is 5.75 Å². The zero-order valence-corrected chi connectivity index (χ0v) is 18.0. The van der Waals surface area contributed by atoms with Gasteiger partial charge in [0.15, 0.2) is 5.96 Å². The molecule has 0 saturated carbocycles. The summed E-state index contributed by atoms with van der Waals surface area (Å²) in [5.74, 6) is 1.96. The summed E-state index contributed by atoms with van der Waals surface area (Å²) in [6, 6.07) is 8.66. The Kier molecular flexibility index (Phi) is 10.2. The molecule has 6 heteroatoms. The van der Waals surface area contributed by atoms with Crippen LogP contribution < -0.4 is 15.8 Å². The van der Waals surface area contributed by atoms with E-state index in [0.717, 1.165) is 31.0 Å². The number of guanidine groups is 1. The molecule has 1 saturated heterocycles. The Morgan fingerprint density at radius 2 is 2.08 bits per heavy atom. The van der Waals surface area contributed by atoms with Crippen LogP contribution in [0.1, 0.15) is 39.2 Å². The number of nitrogens with zero attached hydrogens (tertiary/aromatic N) is 2. The number of aliphatic imine (C=N–C) groups is 1. The molecule has 1 aliphatic heterocycles. The van der Waals surface area contributed by atoms with E-state index in [1.54, 1.807) is 0 Å². The molecule has 1 fully saturated rings. The standard InChI is InChI=1S/C19H32N4O.HI/c1-4-23-11-5-6-17(23)13-22-19(20)21-12-16-7-9-18(10-8-16)24-14-15(2)3;/h7-10,15,17H,4-6,11-14H2,1-3H3,(H3,20,21,22);1H. The molecule has 0 aliphatic carbocycles. The van der Waals surface area contributed by atoms with Crippen LogP contribution in [-0.2, 0) is 6.54 Å². The maximum Gasteiger partial charge on any atom is 0.188 e. The molecular weight excluding hydrogens is 427 g/mol. The molecule has 1 heterocycles. The zero-order valence-electron chi connectivity index (χ0n) is 15.7. The van der Waals surface area contributed by atoms with Crippen molar-refractivity contribution in [1.29, 1.82) is 0 Å². The second kappa shape index (κ2) is 11.6. The predicted octanol–water partition coefficient (Wildman–Crippen LogP) is 3.23. The third-order valence-corrected chi connectivity index (χ3v) is 4.36. The van der Waals surface area contributed by atoms with Crippen molar-refractivity contribution in [3.63, 3.8) is 0 Å². The Morgan fingerprint density at radius 3 is 2.72 bits per heavy atom. The first-order valence-electron chi connectivity index (χ1n) is 9.08. The normalized spacial score (nSPS) is 18.2. The van der Waals surface area contributed by atoms with Crippen molar-refractivity contribution in [2.24, 2.45) is 16.6 Å². The highest BCUT2D eigenvalue weighted by molar-refractivity contribution is 14.0. The van der Waals surface area contributed by atoms with Crippen molar-refractivity contribution < 1.29 is 4.74 Å². The minimum Gasteiger partial charge on any atom is -0.493 e. The highest BCUT2D eigenvalue weighted by Gasteiger charge is 2.22. The first-order valence-corrected chi connectivity index (χ1v) is 9.08. The summed E-state index contributed by atoms with van der Waals surface area (Å²) < 4.78 is 5.69. The molecule has 1 aromatic carbocycles. The third kappa shape index (κ3) is 7.81. The van der Waals surface area contributed by atoms with Crippen LogP contribution in [0.25, 0.3) is 0 Å². The zero-order chi connectivity index (χ0) is 17.4. The van der Waals surface area contributed by atoms with Crippen LogP contribution in [0.5, 0.6) is 5.75 Å². The van der Waals surface area contributed by atoms with Crippen LogP contribution in [-0.4, -0.2) is 43.1 Å². The molecule has 0 spiro atoms. The lowest BCUT2D eigenvalue weighted by Crippen LogP contribution is -2.42. The van der Waals surface area contributed by atoms with E-state index in [2.05, 4.69) is 36.0 Å². The molecule has 0 amide bonds. The van der Waals surface area contributed by atoms with Crippen molar-refractivity contribution in [1.82, 2.24) is 10.2 Å². The number of nitrogens with one attached hydrogen (secondary N) is 1. The average Bonchev–Trinajstić information content (AvgIpc) is 3.04. The molecule has 1 unspecified atom stereocenters. The minimum atomic E-state index is 0. The summed E-state index contributed by atoms with van der Waals surface area (Å²) in [5, 5.41) is 3.26. The molecule has 0 aromatic heterocycles. The lowest BCUT2D eigenvalue weighted by atomic mass is 10.2. The Balaban J connectivity index is 0.00000312. The second-order valence-corrected chi connectivity index (χ2v) is 6.86. The van der Waals surface area contributed by atoms with E-state index in [-0.39, 0.29) is 24.0 Å². The summed E-state index contributed by atoms with van der Waals surface area (Å²) in [5.41, 5.74) is 7.13. The van der Waals surface area contributed by atoms with Gasteiger partial charge in [-0.05, 0) is 49.5 Å². The van der Waals surface area contributed by atoms with Crippen molar-refractivity contribution in [2.75, 3.05) is 26.2 Å². The monoisotopic (exact) mass is 460 g/mol. The number of likely N-dealkylation sites (tertiary alicyclic amines) is 1. The van der Waals surface area contributed by atoms with Gasteiger partial charge in [-0.2, -0.15) is 0 Å². The van der Waals surface area contributed by atoms with Gasteiger partial charge in [0.05, 0.1) is 13.2 Å². The molecule has 1 atom stereocenters. The summed E-state index contributed by atoms with van der Waals surface area (Å²) in [7, 11) is 0. The molecular formula is C19H33IN4O. The van der Waals surface area contributed by atoms with E-state index in [0.29, 0.717) is 24.5 Å². The van der Waals surface area contributed by atoms with Crippen molar-refractivity contribution in [2.45, 2.75) is 46.2 Å². The summed E-state index contributed by atoms with van der Waals surface area (Å²) in [6.45, 7) is 11.0. The van der Waals surface area contributed by atoms with Gasteiger partial charge in [-0.1, -0.05) is 32.9 Å². The Labute approximate surface area is 169 Å². The molecule has 25 heavy (non-hydrogen) atoms. The quantitative estimate of drug-likeness (QED) is 0.355. The number of ether oxygens (including phenoxy) is 1. The van der Waals surface area contributed by atoms with Crippen LogP contribution in [0.3, 0.4) is 0 Å². The fraction of sp³-hybridized carbons (Fsp3) is 0.632. The lowest BCUT2D eigenvalue weighted by molar-refractivity contribution is 0.267. The Bertz CT molecular complexity index is 519. The predicted molar refractivity (Wildman–Crippen MR) is 116 cm³/mol. The second-order valence-electron chi connectivity index (χ2n) is 6.86. The average molecular weight is 460 g/mol. The van der Waals surface area contributed by atoms with E-state index >= 15 is 0 Å². The molecule has 5 nitrogen and oxygen atoms in total. The summed E-state index contributed by atoms with van der Waals surface area (Å²) >= 11 is 0. The van der Waals surface area contributed by atoms with E-state index in [9.17, 15) is 0 Å². The smallest absolute Gasteiger partial charge is 0.188 e. The largest absolute Gasteiger partial charge is 0.493 e. The van der Waals surface area contributed by atoms with E-state index < -0.39 is 0 Å². The number of nitrogens with two attached hydrogens (primary N) is 1. The van der Waals surface area contributed by atoms with E-state index in [1.165, 1.54) is 19.4 Å². The van der Waals surface area contributed by atoms with Gasteiger partial charge in [0.25, 0.3) is 0 Å². The highest BCUT2D eigenvalue weighted by Crippen LogP contribution is 2.16. The maximum absolute atomic E-state index is 5.99. The van der Waals surface area contributed by atoms with E-state index in [1.807, 2.05) is 24.3 Å². The fourth-order valence-electron chi connectivity index (χ4n) is 2.95. The third-order valence-electron chi connectivity index (χ3n) is 4.36. The Hall–Kier alpha value is -1.02. The van der Waals surface area contributed by atoms with E-state index in [4.69, 9.17) is 10.5 Å². The summed E-state index contributed by atoms with van der Waals surface area (Å²) in [4.78, 5) is 6.93. The topological polar surface area (TPSA) is 62.9 Å². The molecule has 0 radical (unpaired) electrons. The van der Waals surface area contributed by atoms with Gasteiger partial charge in [-0.15, -0.1) is 24.0 Å².